The van der Waals surface area contributed by atoms with Gasteiger partial charge < -0.3 is 26.3 Å². The Labute approximate surface area is 186 Å². The Morgan fingerprint density at radius 2 is 1.94 bits per heavy atom. The largest absolute Gasteiger partial charge is 0.472 e. The molecule has 8 heteroatoms. The van der Waals surface area contributed by atoms with Crippen molar-refractivity contribution < 1.29 is 19.1 Å². The SMILES string of the molecule is CC(C)(O)CCN=Cc1cc(NC(=O)c2cccc(C(N)=O)c2)c(-c2ccoc2)cc1N. The van der Waals surface area contributed by atoms with Crippen molar-refractivity contribution in [3.63, 3.8) is 0 Å². The van der Waals surface area contributed by atoms with Gasteiger partial charge in [-0.1, -0.05) is 6.07 Å². The van der Waals surface area contributed by atoms with Gasteiger partial charge in [-0.05, 0) is 56.7 Å². The molecule has 8 nitrogen and oxygen atoms in total. The lowest BCUT2D eigenvalue weighted by Crippen LogP contribution is -2.19. The Hall–Kier alpha value is -3.91. The van der Waals surface area contributed by atoms with E-state index in [1.165, 1.54) is 12.3 Å². The molecule has 32 heavy (non-hydrogen) atoms. The topological polar surface area (TPSA) is 144 Å². The smallest absolute Gasteiger partial charge is 0.255 e. The molecule has 3 aromatic rings. The second kappa shape index (κ2) is 9.49. The van der Waals surface area contributed by atoms with E-state index in [0.717, 1.165) is 5.56 Å². The van der Waals surface area contributed by atoms with Crippen molar-refractivity contribution in [3.05, 3.63) is 71.7 Å². The number of rotatable bonds is 8. The van der Waals surface area contributed by atoms with Gasteiger partial charge in [0, 0.05) is 52.0 Å². The Bertz CT molecular complexity index is 1150. The van der Waals surface area contributed by atoms with Gasteiger partial charge in [0.05, 0.1) is 18.1 Å². The molecule has 0 saturated heterocycles. The predicted octanol–water partition coefficient (Wildman–Crippen LogP) is 3.46. The summed E-state index contributed by atoms with van der Waals surface area (Å²) >= 11 is 0. The fourth-order valence-electron chi connectivity index (χ4n) is 3.01. The third-order valence-corrected chi connectivity index (χ3v) is 4.80. The minimum absolute atomic E-state index is 0.240. The van der Waals surface area contributed by atoms with Crippen LogP contribution in [0, 0.1) is 0 Å². The van der Waals surface area contributed by atoms with Gasteiger partial charge >= 0.3 is 0 Å². The summed E-state index contributed by atoms with van der Waals surface area (Å²) in [6.45, 7) is 3.86. The number of furan rings is 1. The highest BCUT2D eigenvalue weighted by Crippen LogP contribution is 2.33. The third-order valence-electron chi connectivity index (χ3n) is 4.80. The predicted molar refractivity (Wildman–Crippen MR) is 125 cm³/mol. The molecule has 166 valence electrons. The quantitative estimate of drug-likeness (QED) is 0.317. The fourth-order valence-corrected chi connectivity index (χ4v) is 3.01. The van der Waals surface area contributed by atoms with Gasteiger partial charge in [-0.15, -0.1) is 0 Å². The second-order valence-electron chi connectivity index (χ2n) is 8.04. The van der Waals surface area contributed by atoms with E-state index < -0.39 is 17.4 Å². The monoisotopic (exact) mass is 434 g/mol. The number of primary amides is 1. The average molecular weight is 434 g/mol. The maximum atomic E-state index is 12.9. The van der Waals surface area contributed by atoms with E-state index in [0.29, 0.717) is 35.5 Å². The molecule has 3 rings (SSSR count). The second-order valence-corrected chi connectivity index (χ2v) is 8.04. The van der Waals surface area contributed by atoms with Crippen LogP contribution >= 0.6 is 0 Å². The number of anilines is 2. The van der Waals surface area contributed by atoms with Gasteiger partial charge in [0.25, 0.3) is 5.91 Å². The summed E-state index contributed by atoms with van der Waals surface area (Å²) in [6.07, 6.45) is 5.19. The number of benzene rings is 2. The van der Waals surface area contributed by atoms with Crippen LogP contribution in [-0.4, -0.2) is 35.3 Å². The molecule has 1 heterocycles. The van der Waals surface area contributed by atoms with Crippen LogP contribution in [0.4, 0.5) is 11.4 Å². The minimum Gasteiger partial charge on any atom is -0.472 e. The number of nitrogens with two attached hydrogens (primary N) is 2. The summed E-state index contributed by atoms with van der Waals surface area (Å²) in [7, 11) is 0. The van der Waals surface area contributed by atoms with Crippen molar-refractivity contribution in [2.45, 2.75) is 25.9 Å². The summed E-state index contributed by atoms with van der Waals surface area (Å²) in [4.78, 5) is 28.7. The number of amides is 2. The van der Waals surface area contributed by atoms with Crippen LogP contribution in [0.5, 0.6) is 0 Å². The molecule has 1 aromatic heterocycles. The van der Waals surface area contributed by atoms with Crippen molar-refractivity contribution in [1.29, 1.82) is 0 Å². The lowest BCUT2D eigenvalue weighted by molar-refractivity contribution is 0.0739. The van der Waals surface area contributed by atoms with Crippen molar-refractivity contribution in [1.82, 2.24) is 0 Å². The number of aliphatic imine (C=N–C) groups is 1. The zero-order valence-electron chi connectivity index (χ0n) is 18.0. The maximum absolute atomic E-state index is 12.9. The molecular formula is C24H26N4O4. The summed E-state index contributed by atoms with van der Waals surface area (Å²) in [5.41, 5.74) is 14.3. The number of nitrogens with one attached hydrogen (secondary N) is 1. The summed E-state index contributed by atoms with van der Waals surface area (Å²) in [5, 5.41) is 12.7. The van der Waals surface area contributed by atoms with Gasteiger partial charge in [0.15, 0.2) is 0 Å². The van der Waals surface area contributed by atoms with Crippen LogP contribution in [0.15, 0.2) is 64.4 Å². The number of aliphatic hydroxyl groups is 1. The van der Waals surface area contributed by atoms with Crippen LogP contribution in [0.2, 0.25) is 0 Å². The van der Waals surface area contributed by atoms with E-state index in [1.54, 1.807) is 62.7 Å². The molecule has 0 aliphatic carbocycles. The highest BCUT2D eigenvalue weighted by molar-refractivity contribution is 6.08. The Balaban J connectivity index is 1.93. The first-order valence-electron chi connectivity index (χ1n) is 10.0. The molecule has 6 N–H and O–H groups in total. The van der Waals surface area contributed by atoms with E-state index in [1.807, 2.05) is 0 Å². The molecule has 0 radical (unpaired) electrons. The van der Waals surface area contributed by atoms with E-state index in [4.69, 9.17) is 15.9 Å². The number of carbonyl (C=O) groups excluding carboxylic acids is 2. The van der Waals surface area contributed by atoms with Gasteiger partial charge in [-0.2, -0.15) is 0 Å². The fraction of sp³-hybridized carbons (Fsp3) is 0.208. The number of nitrogens with zero attached hydrogens (tertiary/aromatic N) is 1. The van der Waals surface area contributed by atoms with Crippen molar-refractivity contribution in [2.24, 2.45) is 10.7 Å². The Morgan fingerprint density at radius 3 is 2.59 bits per heavy atom. The van der Waals surface area contributed by atoms with Crippen LogP contribution < -0.4 is 16.8 Å². The Kier molecular flexibility index (Phi) is 6.75. The molecule has 0 saturated carbocycles. The number of hydrogen-bond donors (Lipinski definition) is 4. The van der Waals surface area contributed by atoms with Crippen LogP contribution in [-0.2, 0) is 0 Å². The molecule has 0 atom stereocenters. The van der Waals surface area contributed by atoms with Crippen molar-refractivity contribution in [2.75, 3.05) is 17.6 Å². The Morgan fingerprint density at radius 1 is 1.19 bits per heavy atom. The van der Waals surface area contributed by atoms with E-state index in [9.17, 15) is 14.7 Å². The van der Waals surface area contributed by atoms with Crippen molar-refractivity contribution >= 4 is 29.4 Å². The highest BCUT2D eigenvalue weighted by Gasteiger charge is 2.15. The molecule has 0 bridgehead atoms. The molecule has 2 aromatic carbocycles. The molecule has 0 aliphatic rings. The lowest BCUT2D eigenvalue weighted by atomic mass is 10.0. The van der Waals surface area contributed by atoms with Crippen LogP contribution in [0.1, 0.15) is 46.5 Å². The molecule has 0 aliphatic heterocycles. The summed E-state index contributed by atoms with van der Waals surface area (Å²) in [6, 6.07) is 11.4. The zero-order valence-corrected chi connectivity index (χ0v) is 18.0. The van der Waals surface area contributed by atoms with Gasteiger partial charge in [0.1, 0.15) is 0 Å². The number of carbonyl (C=O) groups is 2. The molecule has 0 fully saturated rings. The van der Waals surface area contributed by atoms with E-state index in [2.05, 4.69) is 10.3 Å². The number of nitrogen functional groups attached to an aromatic ring is 1. The molecule has 2 amide bonds. The molecule has 0 unspecified atom stereocenters. The van der Waals surface area contributed by atoms with Crippen LogP contribution in [0.3, 0.4) is 0 Å². The maximum Gasteiger partial charge on any atom is 0.255 e. The van der Waals surface area contributed by atoms with Gasteiger partial charge in [-0.25, -0.2) is 0 Å². The van der Waals surface area contributed by atoms with Crippen molar-refractivity contribution in [3.8, 4) is 11.1 Å². The van der Waals surface area contributed by atoms with Gasteiger partial charge in [-0.3, -0.25) is 14.6 Å². The van der Waals surface area contributed by atoms with Gasteiger partial charge in [0.2, 0.25) is 5.91 Å². The van der Waals surface area contributed by atoms with E-state index >= 15 is 0 Å². The highest BCUT2D eigenvalue weighted by atomic mass is 16.3. The first kappa shape index (κ1) is 22.8. The molecular weight excluding hydrogens is 408 g/mol. The zero-order chi connectivity index (χ0) is 23.3. The number of hydrogen-bond acceptors (Lipinski definition) is 6. The minimum atomic E-state index is -0.813. The first-order valence-corrected chi connectivity index (χ1v) is 10.0. The lowest BCUT2D eigenvalue weighted by Gasteiger charge is -2.15. The summed E-state index contributed by atoms with van der Waals surface area (Å²) in [5.74, 6) is -1.02. The molecule has 0 spiro atoms. The normalized spacial score (nSPS) is 11.6. The standard InChI is InChI=1S/C24H26N4O4/c1-24(2,31)7-8-27-13-18-11-21(19(12-20(18)25)17-6-9-32-14-17)28-23(30)16-5-3-4-15(10-16)22(26)29/h3-6,9-14,31H,7-8,25H2,1-2H3,(H2,26,29)(H,28,30). The summed E-state index contributed by atoms with van der Waals surface area (Å²) < 4.78 is 5.18. The first-order chi connectivity index (χ1) is 15.1. The third kappa shape index (κ3) is 5.83. The van der Waals surface area contributed by atoms with Crippen LogP contribution in [0.25, 0.3) is 11.1 Å². The average Bonchev–Trinajstić information content (AvgIpc) is 3.27. The van der Waals surface area contributed by atoms with E-state index in [-0.39, 0.29) is 11.1 Å².